The van der Waals surface area contributed by atoms with Crippen molar-refractivity contribution in [1.29, 1.82) is 0 Å². The van der Waals surface area contributed by atoms with Crippen molar-refractivity contribution in [1.82, 2.24) is 5.01 Å². The molecule has 146 valence electrons. The number of carbonyl (C=O) groups excluding carboxylic acids is 1. The number of ether oxygens (including phenoxy) is 1. The maximum absolute atomic E-state index is 11.5. The number of hydrogen-bond donors (Lipinski definition) is 0. The standard InChI is InChI=1S/C8H12N6O12/c1-7(10(16)17,11(18)19)4-9(14(24)25)3-6(15)26-5-8(2,12(20)21)13(22)23/h3-5H2,1-2H3. The fraction of sp³-hybridized carbons (Fsp3) is 0.875. The second kappa shape index (κ2) is 7.90. The van der Waals surface area contributed by atoms with Gasteiger partial charge in [-0.05, 0) is 0 Å². The Labute approximate surface area is 142 Å². The Balaban J connectivity index is 5.19. The molecule has 0 aromatic rings. The van der Waals surface area contributed by atoms with Crippen molar-refractivity contribution in [2.45, 2.75) is 25.2 Å². The number of esters is 1. The van der Waals surface area contributed by atoms with Gasteiger partial charge in [-0.3, -0.25) is 40.5 Å². The molecule has 0 aliphatic carbocycles. The largest absolute Gasteiger partial charge is 0.488 e. The van der Waals surface area contributed by atoms with E-state index < -0.39 is 61.7 Å². The molecule has 0 aliphatic heterocycles. The first-order valence-corrected chi connectivity index (χ1v) is 6.31. The molecule has 0 unspecified atom stereocenters. The summed E-state index contributed by atoms with van der Waals surface area (Å²) in [6.45, 7) is -3.24. The van der Waals surface area contributed by atoms with Crippen LogP contribution in [0.15, 0.2) is 0 Å². The molecule has 0 radical (unpaired) electrons. The minimum atomic E-state index is -3.04. The minimum absolute atomic E-state index is 0.219. The summed E-state index contributed by atoms with van der Waals surface area (Å²) in [5, 5.41) is 52.1. The fourth-order valence-corrected chi connectivity index (χ4v) is 1.28. The molecule has 26 heavy (non-hydrogen) atoms. The zero-order valence-corrected chi connectivity index (χ0v) is 13.2. The predicted molar refractivity (Wildman–Crippen MR) is 74.3 cm³/mol. The van der Waals surface area contributed by atoms with E-state index in [1.54, 1.807) is 0 Å². The molecular formula is C8H12N6O12. The van der Waals surface area contributed by atoms with Crippen LogP contribution < -0.4 is 0 Å². The third kappa shape index (κ3) is 4.88. The first-order chi connectivity index (χ1) is 11.7. The average Bonchev–Trinajstić information content (AvgIpc) is 2.50. The third-order valence-corrected chi connectivity index (χ3v) is 3.10. The van der Waals surface area contributed by atoms with Crippen molar-refractivity contribution < 1.29 is 34.3 Å². The molecule has 0 spiro atoms. The predicted octanol–water partition coefficient (Wildman–Crippen LogP) is -1.44. The van der Waals surface area contributed by atoms with E-state index in [0.717, 1.165) is 0 Å². The van der Waals surface area contributed by atoms with Crippen molar-refractivity contribution in [3.05, 3.63) is 50.6 Å². The van der Waals surface area contributed by atoms with Crippen molar-refractivity contribution in [3.8, 4) is 0 Å². The van der Waals surface area contributed by atoms with Crippen molar-refractivity contribution >= 4 is 5.97 Å². The fourth-order valence-electron chi connectivity index (χ4n) is 1.28. The Morgan fingerprint density at radius 2 is 1.23 bits per heavy atom. The van der Waals surface area contributed by atoms with Gasteiger partial charge in [0.05, 0.1) is 13.8 Å². The third-order valence-electron chi connectivity index (χ3n) is 3.10. The van der Waals surface area contributed by atoms with Gasteiger partial charge in [0.25, 0.3) is 0 Å². The van der Waals surface area contributed by atoms with Crippen LogP contribution in [0.25, 0.3) is 0 Å². The van der Waals surface area contributed by atoms with Gasteiger partial charge in [0, 0.05) is 0 Å². The highest BCUT2D eigenvalue weighted by molar-refractivity contribution is 5.71. The highest BCUT2D eigenvalue weighted by Gasteiger charge is 2.55. The molecule has 0 N–H and O–H groups in total. The smallest absolute Gasteiger partial charge is 0.448 e. The number of hydrogen-bond acceptors (Lipinski definition) is 12. The zero-order valence-electron chi connectivity index (χ0n) is 13.2. The normalized spacial score (nSPS) is 11.3. The van der Waals surface area contributed by atoms with Crippen LogP contribution in [0.3, 0.4) is 0 Å². The molecule has 18 nitrogen and oxygen atoms in total. The van der Waals surface area contributed by atoms with Crippen molar-refractivity contribution in [2.75, 3.05) is 19.7 Å². The lowest BCUT2D eigenvalue weighted by Gasteiger charge is -2.18. The topological polar surface area (TPSA) is 245 Å². The summed E-state index contributed by atoms with van der Waals surface area (Å²) in [6, 6.07) is 0. The van der Waals surface area contributed by atoms with E-state index in [-0.39, 0.29) is 5.01 Å². The van der Waals surface area contributed by atoms with Crippen molar-refractivity contribution in [3.63, 3.8) is 0 Å². The quantitative estimate of drug-likeness (QED) is 0.171. The van der Waals surface area contributed by atoms with E-state index in [1.807, 2.05) is 0 Å². The second-order valence-corrected chi connectivity index (χ2v) is 5.18. The molecule has 0 fully saturated rings. The van der Waals surface area contributed by atoms with Gasteiger partial charge < -0.3 is 4.74 Å². The summed E-state index contributed by atoms with van der Waals surface area (Å²) in [4.78, 5) is 59.6. The second-order valence-electron chi connectivity index (χ2n) is 5.18. The van der Waals surface area contributed by atoms with E-state index in [1.165, 1.54) is 0 Å². The van der Waals surface area contributed by atoms with Crippen LogP contribution in [0.2, 0.25) is 0 Å². The minimum Gasteiger partial charge on any atom is -0.448 e. The summed E-state index contributed by atoms with van der Waals surface area (Å²) in [7, 11) is 0. The average molecular weight is 384 g/mol. The summed E-state index contributed by atoms with van der Waals surface area (Å²) in [5.74, 6) is -1.59. The highest BCUT2D eigenvalue weighted by Crippen LogP contribution is 2.14. The molecule has 0 amide bonds. The van der Waals surface area contributed by atoms with Gasteiger partial charge in [-0.15, -0.1) is 5.01 Å². The Hall–Kier alpha value is -3.73. The van der Waals surface area contributed by atoms with Gasteiger partial charge in [0.15, 0.2) is 11.6 Å². The van der Waals surface area contributed by atoms with Gasteiger partial charge in [0.2, 0.25) is 13.2 Å². The molecule has 0 aromatic heterocycles. The molecule has 18 heteroatoms. The monoisotopic (exact) mass is 384 g/mol. The lowest BCUT2D eigenvalue weighted by atomic mass is 10.2. The van der Waals surface area contributed by atoms with E-state index in [0.29, 0.717) is 13.8 Å². The molecule has 0 atom stereocenters. The molecular weight excluding hydrogens is 372 g/mol. The lowest BCUT2D eigenvalue weighted by Crippen LogP contribution is -2.55. The lowest BCUT2D eigenvalue weighted by molar-refractivity contribution is -0.804. The number of carbonyl (C=O) groups is 1. The first kappa shape index (κ1) is 22.3. The van der Waals surface area contributed by atoms with Gasteiger partial charge in [0.1, 0.15) is 19.7 Å². The van der Waals surface area contributed by atoms with Crippen LogP contribution in [0, 0.1) is 50.6 Å². The molecule has 0 rings (SSSR count). The molecule has 0 saturated heterocycles. The summed E-state index contributed by atoms with van der Waals surface area (Å²) >= 11 is 0. The number of nitrogens with zero attached hydrogens (tertiary/aromatic N) is 6. The van der Waals surface area contributed by atoms with Gasteiger partial charge in [-0.25, -0.2) is 14.9 Å². The highest BCUT2D eigenvalue weighted by atomic mass is 16.7. The summed E-state index contributed by atoms with van der Waals surface area (Å²) < 4.78 is 4.24. The van der Waals surface area contributed by atoms with E-state index >= 15 is 0 Å². The molecule has 0 aliphatic rings. The van der Waals surface area contributed by atoms with Crippen LogP contribution in [0.4, 0.5) is 0 Å². The maximum atomic E-state index is 11.5. The van der Waals surface area contributed by atoms with Crippen LogP contribution >= 0.6 is 0 Å². The molecule has 0 heterocycles. The Kier molecular flexibility index (Phi) is 6.76. The number of hydrazine groups is 1. The van der Waals surface area contributed by atoms with E-state index in [2.05, 4.69) is 4.74 Å². The van der Waals surface area contributed by atoms with Crippen LogP contribution in [-0.2, 0) is 9.53 Å². The zero-order chi connectivity index (χ0) is 20.9. The molecule has 0 bridgehead atoms. The summed E-state index contributed by atoms with van der Waals surface area (Å²) in [5.41, 5.74) is -5.96. The van der Waals surface area contributed by atoms with Crippen LogP contribution in [0.1, 0.15) is 13.8 Å². The Morgan fingerprint density at radius 3 is 1.54 bits per heavy atom. The number of rotatable bonds is 11. The SMILES string of the molecule is CC(COC(=O)CN(CC(C)([N+](=O)[O-])[N+](=O)[O-])[N+](=O)[O-])([N+](=O)[O-])[N+](=O)[O-]. The Morgan fingerprint density at radius 1 is 0.846 bits per heavy atom. The van der Waals surface area contributed by atoms with Crippen molar-refractivity contribution in [2.24, 2.45) is 0 Å². The van der Waals surface area contributed by atoms with E-state index in [9.17, 15) is 55.4 Å². The van der Waals surface area contributed by atoms with E-state index in [4.69, 9.17) is 0 Å². The Bertz CT molecular complexity index is 620. The van der Waals surface area contributed by atoms with Gasteiger partial charge in [-0.2, -0.15) is 0 Å². The van der Waals surface area contributed by atoms with Crippen LogP contribution in [0.5, 0.6) is 0 Å². The van der Waals surface area contributed by atoms with Gasteiger partial charge >= 0.3 is 17.3 Å². The first-order valence-electron chi connectivity index (χ1n) is 6.31. The summed E-state index contributed by atoms with van der Waals surface area (Å²) in [6.07, 6.45) is 0. The maximum Gasteiger partial charge on any atom is 0.488 e. The number of nitro groups is 5. The van der Waals surface area contributed by atoms with Crippen LogP contribution in [-0.4, -0.2) is 66.7 Å². The molecule has 0 aromatic carbocycles. The molecule has 0 saturated carbocycles. The van der Waals surface area contributed by atoms with Gasteiger partial charge in [-0.1, -0.05) is 0 Å².